The molecule has 0 radical (unpaired) electrons. The molecule has 0 aliphatic heterocycles. The van der Waals surface area contributed by atoms with Gasteiger partial charge in [0.1, 0.15) is 18.4 Å². The molecule has 34 heavy (non-hydrogen) atoms. The van der Waals surface area contributed by atoms with Gasteiger partial charge in [-0.15, -0.1) is 0 Å². The van der Waals surface area contributed by atoms with Crippen LogP contribution in [0.2, 0.25) is 5.02 Å². The van der Waals surface area contributed by atoms with Crippen molar-refractivity contribution >= 4 is 21.4 Å². The molecule has 3 aromatic rings. The van der Waals surface area contributed by atoms with Crippen molar-refractivity contribution < 1.29 is 17.9 Å². The van der Waals surface area contributed by atoms with Crippen LogP contribution < -0.4 is 9.47 Å². The van der Waals surface area contributed by atoms with E-state index in [1.54, 1.807) is 6.07 Å². The highest BCUT2D eigenvalue weighted by Crippen LogP contribution is 2.40. The Bertz CT molecular complexity index is 1360. The van der Waals surface area contributed by atoms with Crippen LogP contribution in [-0.4, -0.2) is 30.7 Å². The Morgan fingerprint density at radius 2 is 1.85 bits per heavy atom. The third-order valence-electron chi connectivity index (χ3n) is 5.68. The van der Waals surface area contributed by atoms with Crippen molar-refractivity contribution in [3.8, 4) is 17.6 Å². The smallest absolute Gasteiger partial charge is 0.247 e. The number of ether oxygens (including phenoxy) is 2. The van der Waals surface area contributed by atoms with Crippen molar-refractivity contribution in [2.45, 2.75) is 50.0 Å². The Morgan fingerprint density at radius 1 is 1.15 bits per heavy atom. The molecular weight excluding hydrogens is 474 g/mol. The molecule has 0 atom stereocenters. The second-order valence-corrected chi connectivity index (χ2v) is 11.1. The van der Waals surface area contributed by atoms with E-state index in [0.29, 0.717) is 27.8 Å². The molecule has 9 heteroatoms. The van der Waals surface area contributed by atoms with Crippen molar-refractivity contribution in [1.82, 2.24) is 9.97 Å². The SMILES string of the molecule is CC(C)(c1ccc(OCc2ccnc(S(C)(=O)=O)n2)cc1)c1cc(Cl)c(OC2CC2)c(C#N)c1. The van der Waals surface area contributed by atoms with Gasteiger partial charge in [0.25, 0.3) is 0 Å². The van der Waals surface area contributed by atoms with E-state index in [0.717, 1.165) is 30.2 Å². The molecule has 0 unspecified atom stereocenters. The third kappa shape index (κ3) is 5.32. The zero-order chi connectivity index (χ0) is 24.5. The fraction of sp³-hybridized carbons (Fsp3) is 0.320. The van der Waals surface area contributed by atoms with Gasteiger partial charge < -0.3 is 9.47 Å². The van der Waals surface area contributed by atoms with E-state index in [1.807, 2.05) is 36.4 Å². The summed E-state index contributed by atoms with van der Waals surface area (Å²) in [6.45, 7) is 4.23. The van der Waals surface area contributed by atoms with E-state index in [1.165, 1.54) is 6.20 Å². The number of halogens is 1. The molecule has 1 saturated carbocycles. The van der Waals surface area contributed by atoms with Crippen molar-refractivity contribution in [3.63, 3.8) is 0 Å². The first-order valence-corrected chi connectivity index (χ1v) is 13.0. The van der Waals surface area contributed by atoms with Gasteiger partial charge in [-0.2, -0.15) is 5.26 Å². The number of hydrogen-bond acceptors (Lipinski definition) is 7. The van der Waals surface area contributed by atoms with Gasteiger partial charge in [-0.05, 0) is 54.3 Å². The quantitative estimate of drug-likeness (QED) is 0.410. The molecule has 1 heterocycles. The van der Waals surface area contributed by atoms with Gasteiger partial charge in [0.15, 0.2) is 5.75 Å². The molecule has 1 aliphatic carbocycles. The Labute approximate surface area is 204 Å². The molecule has 1 fully saturated rings. The minimum atomic E-state index is -3.49. The maximum atomic E-state index is 11.6. The Morgan fingerprint density at radius 3 is 2.47 bits per heavy atom. The summed E-state index contributed by atoms with van der Waals surface area (Å²) in [7, 11) is -3.49. The molecule has 0 amide bonds. The Hall–Kier alpha value is -3.15. The standard InChI is InChI=1S/C25H24ClN3O4S/c1-25(2,18-12-16(14-27)23(22(26)13-18)33-21-8-9-21)17-4-6-20(7-5-17)32-15-19-10-11-28-24(29-19)34(3,30)31/h4-7,10-13,21H,8-9,15H2,1-3H3. The van der Waals surface area contributed by atoms with Gasteiger partial charge in [0.2, 0.25) is 15.0 Å². The maximum Gasteiger partial charge on any atom is 0.247 e. The first kappa shape index (κ1) is 24.0. The lowest BCUT2D eigenvalue weighted by Gasteiger charge is -2.27. The van der Waals surface area contributed by atoms with E-state index in [-0.39, 0.29) is 17.9 Å². The number of nitriles is 1. The first-order chi connectivity index (χ1) is 16.1. The second-order valence-electron chi connectivity index (χ2n) is 8.80. The number of aromatic nitrogens is 2. The van der Waals surface area contributed by atoms with E-state index in [2.05, 4.69) is 29.9 Å². The number of rotatable bonds is 8. The molecule has 0 bridgehead atoms. The predicted octanol–water partition coefficient (Wildman–Crippen LogP) is 4.85. The number of hydrogen-bond donors (Lipinski definition) is 0. The number of benzene rings is 2. The highest BCUT2D eigenvalue weighted by Gasteiger charge is 2.29. The number of sulfone groups is 1. The molecule has 0 spiro atoms. The van der Waals surface area contributed by atoms with E-state index >= 15 is 0 Å². The average Bonchev–Trinajstić information content (AvgIpc) is 3.63. The van der Waals surface area contributed by atoms with Gasteiger partial charge >= 0.3 is 0 Å². The molecule has 1 aromatic heterocycles. The van der Waals surface area contributed by atoms with Crippen LogP contribution in [0.1, 0.15) is 49.1 Å². The average molecular weight is 498 g/mol. The van der Waals surface area contributed by atoms with Crippen LogP contribution in [0, 0.1) is 11.3 Å². The molecule has 0 N–H and O–H groups in total. The Balaban J connectivity index is 1.51. The van der Waals surface area contributed by atoms with Crippen LogP contribution >= 0.6 is 11.6 Å². The highest BCUT2D eigenvalue weighted by atomic mass is 35.5. The fourth-order valence-electron chi connectivity index (χ4n) is 3.44. The van der Waals surface area contributed by atoms with E-state index in [4.69, 9.17) is 21.1 Å². The third-order valence-corrected chi connectivity index (χ3v) is 6.82. The topological polar surface area (TPSA) is 102 Å². The molecule has 1 aliphatic rings. The zero-order valence-electron chi connectivity index (χ0n) is 19.1. The summed E-state index contributed by atoms with van der Waals surface area (Å²) in [6, 6.07) is 15.1. The first-order valence-electron chi connectivity index (χ1n) is 10.7. The van der Waals surface area contributed by atoms with Gasteiger partial charge in [0, 0.05) is 17.9 Å². The van der Waals surface area contributed by atoms with Crippen molar-refractivity contribution in [1.29, 1.82) is 5.26 Å². The van der Waals surface area contributed by atoms with Crippen LogP contribution in [0.25, 0.3) is 0 Å². The van der Waals surface area contributed by atoms with Crippen LogP contribution in [0.3, 0.4) is 0 Å². The summed E-state index contributed by atoms with van der Waals surface area (Å²) in [5, 5.41) is 9.85. The summed E-state index contributed by atoms with van der Waals surface area (Å²) in [5.74, 6) is 1.07. The summed E-state index contributed by atoms with van der Waals surface area (Å²) in [6.07, 6.45) is 4.58. The molecule has 7 nitrogen and oxygen atoms in total. The Kier molecular flexibility index (Phi) is 6.52. The van der Waals surface area contributed by atoms with E-state index in [9.17, 15) is 13.7 Å². The van der Waals surface area contributed by atoms with Crippen LogP contribution in [0.15, 0.2) is 53.8 Å². The minimum absolute atomic E-state index is 0.109. The van der Waals surface area contributed by atoms with Gasteiger partial charge in [-0.25, -0.2) is 18.4 Å². The summed E-state index contributed by atoms with van der Waals surface area (Å²) >= 11 is 6.50. The van der Waals surface area contributed by atoms with Crippen molar-refractivity contribution in [2.24, 2.45) is 0 Å². The number of nitrogens with zero attached hydrogens (tertiary/aromatic N) is 3. The summed E-state index contributed by atoms with van der Waals surface area (Å²) in [4.78, 5) is 7.82. The summed E-state index contributed by atoms with van der Waals surface area (Å²) < 4.78 is 34.9. The van der Waals surface area contributed by atoms with Crippen LogP contribution in [-0.2, 0) is 21.9 Å². The lowest BCUT2D eigenvalue weighted by atomic mass is 9.77. The largest absolute Gasteiger partial charge is 0.487 e. The predicted molar refractivity (Wildman–Crippen MR) is 128 cm³/mol. The van der Waals surface area contributed by atoms with Gasteiger partial charge in [0.05, 0.1) is 22.4 Å². The zero-order valence-corrected chi connectivity index (χ0v) is 20.7. The van der Waals surface area contributed by atoms with E-state index < -0.39 is 15.3 Å². The molecular formula is C25H24ClN3O4S. The normalized spacial score (nSPS) is 13.9. The maximum absolute atomic E-state index is 11.6. The lowest BCUT2D eigenvalue weighted by Crippen LogP contribution is -2.19. The van der Waals surface area contributed by atoms with Crippen molar-refractivity contribution in [2.75, 3.05) is 6.26 Å². The minimum Gasteiger partial charge on any atom is -0.487 e. The lowest BCUT2D eigenvalue weighted by molar-refractivity contribution is 0.299. The molecule has 176 valence electrons. The summed E-state index contributed by atoms with van der Waals surface area (Å²) in [5.41, 5.74) is 2.38. The molecule has 4 rings (SSSR count). The highest BCUT2D eigenvalue weighted by molar-refractivity contribution is 7.90. The second kappa shape index (κ2) is 9.24. The molecule has 0 saturated heterocycles. The monoisotopic (exact) mass is 497 g/mol. The van der Waals surface area contributed by atoms with Gasteiger partial charge in [-0.3, -0.25) is 0 Å². The van der Waals surface area contributed by atoms with Gasteiger partial charge in [-0.1, -0.05) is 37.6 Å². The van der Waals surface area contributed by atoms with Crippen LogP contribution in [0.5, 0.6) is 11.5 Å². The van der Waals surface area contributed by atoms with Crippen molar-refractivity contribution in [3.05, 3.63) is 76.1 Å². The molecule has 2 aromatic carbocycles. The fourth-order valence-corrected chi connectivity index (χ4v) is 4.24. The van der Waals surface area contributed by atoms with Crippen LogP contribution in [0.4, 0.5) is 0 Å².